The minimum absolute atomic E-state index is 0.500. The smallest absolute Gasteiger partial charge is 0.128 e. The van der Waals surface area contributed by atoms with Gasteiger partial charge in [-0.3, -0.25) is 0 Å². The number of hydrogen-bond donors (Lipinski definition) is 0. The van der Waals surface area contributed by atoms with Crippen molar-refractivity contribution in [3.8, 4) is 0 Å². The summed E-state index contributed by atoms with van der Waals surface area (Å²) >= 11 is 5.83. The third-order valence-corrected chi connectivity index (χ3v) is 3.19. The molecule has 0 saturated heterocycles. The van der Waals surface area contributed by atoms with Gasteiger partial charge in [0.25, 0.3) is 0 Å². The van der Waals surface area contributed by atoms with Crippen molar-refractivity contribution >= 4 is 17.4 Å². The molecule has 4 heteroatoms. The van der Waals surface area contributed by atoms with Crippen LogP contribution in [0.25, 0.3) is 0 Å². The van der Waals surface area contributed by atoms with Crippen LogP contribution < -0.4 is 4.90 Å². The number of furan rings is 1. The molecule has 0 amide bonds. The molecule has 96 valence electrons. The lowest BCUT2D eigenvalue weighted by Gasteiger charge is -2.17. The molecular formula is C14H17ClN2O. The van der Waals surface area contributed by atoms with E-state index in [1.165, 1.54) is 0 Å². The van der Waals surface area contributed by atoms with E-state index in [1.807, 2.05) is 45.2 Å². The highest BCUT2D eigenvalue weighted by atomic mass is 35.5. The second-order valence-electron chi connectivity index (χ2n) is 4.42. The predicted molar refractivity (Wildman–Crippen MR) is 74.1 cm³/mol. The Morgan fingerprint density at radius 2 is 2.00 bits per heavy atom. The molecule has 0 bridgehead atoms. The lowest BCUT2D eigenvalue weighted by molar-refractivity contribution is 0.481. The Hall–Kier alpha value is -1.48. The summed E-state index contributed by atoms with van der Waals surface area (Å²) in [5, 5.41) is 0. The van der Waals surface area contributed by atoms with Gasteiger partial charge in [-0.1, -0.05) is 6.07 Å². The number of pyridine rings is 1. The van der Waals surface area contributed by atoms with Crippen LogP contribution >= 0.6 is 11.6 Å². The van der Waals surface area contributed by atoms with Crippen LogP contribution in [-0.2, 0) is 12.4 Å². The van der Waals surface area contributed by atoms with E-state index in [9.17, 15) is 0 Å². The van der Waals surface area contributed by atoms with Crippen LogP contribution in [0.5, 0.6) is 0 Å². The van der Waals surface area contributed by atoms with Gasteiger partial charge in [-0.15, -0.1) is 11.6 Å². The molecule has 0 atom stereocenters. The molecule has 0 aliphatic carbocycles. The van der Waals surface area contributed by atoms with Gasteiger partial charge in [0, 0.05) is 18.6 Å². The minimum atomic E-state index is 0.500. The van der Waals surface area contributed by atoms with Crippen molar-refractivity contribution in [2.45, 2.75) is 26.3 Å². The van der Waals surface area contributed by atoms with Crippen LogP contribution in [0.15, 0.2) is 28.7 Å². The lowest BCUT2D eigenvalue weighted by atomic mass is 10.2. The average Bonchev–Trinajstić information content (AvgIpc) is 2.74. The van der Waals surface area contributed by atoms with Crippen molar-refractivity contribution in [3.05, 3.63) is 47.0 Å². The van der Waals surface area contributed by atoms with Gasteiger partial charge in [0.15, 0.2) is 0 Å². The average molecular weight is 265 g/mol. The van der Waals surface area contributed by atoms with Crippen molar-refractivity contribution in [2.75, 3.05) is 11.9 Å². The van der Waals surface area contributed by atoms with Crippen LogP contribution in [0.1, 0.15) is 22.8 Å². The summed E-state index contributed by atoms with van der Waals surface area (Å²) in [5.74, 6) is 3.30. The summed E-state index contributed by atoms with van der Waals surface area (Å²) in [4.78, 5) is 6.61. The second kappa shape index (κ2) is 5.44. The van der Waals surface area contributed by atoms with Gasteiger partial charge >= 0.3 is 0 Å². The molecule has 18 heavy (non-hydrogen) atoms. The highest BCUT2D eigenvalue weighted by Crippen LogP contribution is 2.18. The maximum Gasteiger partial charge on any atom is 0.128 e. The maximum absolute atomic E-state index is 5.83. The molecular weight excluding hydrogens is 248 g/mol. The van der Waals surface area contributed by atoms with Gasteiger partial charge in [-0.2, -0.15) is 0 Å². The van der Waals surface area contributed by atoms with Crippen LogP contribution in [-0.4, -0.2) is 12.0 Å². The highest BCUT2D eigenvalue weighted by Gasteiger charge is 2.08. The van der Waals surface area contributed by atoms with Gasteiger partial charge in [0.05, 0.1) is 6.54 Å². The minimum Gasteiger partial charge on any atom is -0.464 e. The third kappa shape index (κ3) is 2.85. The number of nitrogens with zero attached hydrogens (tertiary/aromatic N) is 2. The first kappa shape index (κ1) is 13.0. The summed E-state index contributed by atoms with van der Waals surface area (Å²) in [7, 11) is 2.00. The van der Waals surface area contributed by atoms with E-state index < -0.39 is 0 Å². The molecule has 0 N–H and O–H groups in total. The molecule has 2 aromatic rings. The zero-order valence-electron chi connectivity index (χ0n) is 10.9. The fourth-order valence-corrected chi connectivity index (χ4v) is 2.10. The largest absolute Gasteiger partial charge is 0.464 e. The summed E-state index contributed by atoms with van der Waals surface area (Å²) in [6.07, 6.45) is 0. The molecule has 0 fully saturated rings. The molecule has 2 heterocycles. The summed E-state index contributed by atoms with van der Waals surface area (Å²) in [6.45, 7) is 4.63. The predicted octanol–water partition coefficient (Wildman–Crippen LogP) is 3.67. The Morgan fingerprint density at radius 1 is 1.22 bits per heavy atom. The Labute approximate surface area is 112 Å². The van der Waals surface area contributed by atoms with Gasteiger partial charge in [-0.25, -0.2) is 4.98 Å². The Kier molecular flexibility index (Phi) is 3.92. The number of hydrogen-bond acceptors (Lipinski definition) is 3. The third-order valence-electron chi connectivity index (χ3n) is 2.90. The van der Waals surface area contributed by atoms with E-state index in [0.717, 1.165) is 28.6 Å². The van der Waals surface area contributed by atoms with Gasteiger partial charge < -0.3 is 9.32 Å². The quantitative estimate of drug-likeness (QED) is 0.789. The van der Waals surface area contributed by atoms with E-state index in [0.29, 0.717) is 12.4 Å². The van der Waals surface area contributed by atoms with E-state index in [-0.39, 0.29) is 0 Å². The normalized spacial score (nSPS) is 10.7. The number of aryl methyl sites for hydroxylation is 2. The molecule has 2 aromatic heterocycles. The van der Waals surface area contributed by atoms with Crippen molar-refractivity contribution in [3.63, 3.8) is 0 Å². The summed E-state index contributed by atoms with van der Waals surface area (Å²) < 4.78 is 5.56. The zero-order chi connectivity index (χ0) is 13.1. The van der Waals surface area contributed by atoms with Crippen molar-refractivity contribution in [1.82, 2.24) is 4.98 Å². The number of aromatic nitrogens is 1. The molecule has 0 radical (unpaired) electrons. The molecule has 0 saturated carbocycles. The summed E-state index contributed by atoms with van der Waals surface area (Å²) in [5.41, 5.74) is 2.05. The number of rotatable bonds is 4. The number of alkyl halides is 1. The van der Waals surface area contributed by atoms with Crippen LogP contribution in [0.4, 0.5) is 5.82 Å². The fraction of sp³-hybridized carbons (Fsp3) is 0.357. The van der Waals surface area contributed by atoms with Crippen molar-refractivity contribution < 1.29 is 4.42 Å². The van der Waals surface area contributed by atoms with E-state index >= 15 is 0 Å². The van der Waals surface area contributed by atoms with Gasteiger partial charge in [-0.05, 0) is 37.6 Å². The molecule has 0 aromatic carbocycles. The molecule has 0 unspecified atom stereocenters. The van der Waals surface area contributed by atoms with Gasteiger partial charge in [0.1, 0.15) is 17.3 Å². The fourth-order valence-electron chi connectivity index (χ4n) is 1.82. The first-order valence-corrected chi connectivity index (χ1v) is 6.42. The monoisotopic (exact) mass is 264 g/mol. The Balaban J connectivity index is 2.13. The number of halogens is 1. The molecule has 0 aliphatic rings. The molecule has 0 spiro atoms. The SMILES string of the molecule is Cc1ccc(CN(C)c2ccc(CCl)c(C)n2)o1. The van der Waals surface area contributed by atoms with Gasteiger partial charge in [0.2, 0.25) is 0 Å². The molecule has 2 rings (SSSR count). The van der Waals surface area contributed by atoms with E-state index in [2.05, 4.69) is 9.88 Å². The Morgan fingerprint density at radius 3 is 2.56 bits per heavy atom. The van der Waals surface area contributed by atoms with Crippen LogP contribution in [0.2, 0.25) is 0 Å². The molecule has 3 nitrogen and oxygen atoms in total. The second-order valence-corrected chi connectivity index (χ2v) is 4.68. The first-order chi connectivity index (χ1) is 8.60. The Bertz CT molecular complexity index is 536. The standard InChI is InChI=1S/C14H17ClN2O/c1-10-4-6-13(18-10)9-17(3)14-7-5-12(8-15)11(2)16-14/h4-7H,8-9H2,1-3H3. The topological polar surface area (TPSA) is 29.3 Å². The number of anilines is 1. The lowest BCUT2D eigenvalue weighted by Crippen LogP contribution is -2.17. The van der Waals surface area contributed by atoms with Crippen molar-refractivity contribution in [2.24, 2.45) is 0 Å². The first-order valence-electron chi connectivity index (χ1n) is 5.89. The zero-order valence-corrected chi connectivity index (χ0v) is 11.7. The molecule has 0 aliphatic heterocycles. The van der Waals surface area contributed by atoms with E-state index in [4.69, 9.17) is 16.0 Å². The van der Waals surface area contributed by atoms with Crippen LogP contribution in [0.3, 0.4) is 0 Å². The van der Waals surface area contributed by atoms with E-state index in [1.54, 1.807) is 0 Å². The van der Waals surface area contributed by atoms with Crippen LogP contribution in [0, 0.1) is 13.8 Å². The highest BCUT2D eigenvalue weighted by molar-refractivity contribution is 6.17. The maximum atomic E-state index is 5.83. The summed E-state index contributed by atoms with van der Waals surface area (Å²) in [6, 6.07) is 7.97. The van der Waals surface area contributed by atoms with Crippen molar-refractivity contribution in [1.29, 1.82) is 0 Å².